The van der Waals surface area contributed by atoms with E-state index in [0.717, 1.165) is 41.8 Å². The number of nitrogens with one attached hydrogen (secondary N) is 1. The molecule has 3 aromatic rings. The van der Waals surface area contributed by atoms with Crippen LogP contribution in [0.2, 0.25) is 0 Å². The Balaban J connectivity index is 1.49. The first-order chi connectivity index (χ1) is 13.7. The molecule has 0 radical (unpaired) electrons. The smallest absolute Gasteiger partial charge is 0.272 e. The molecule has 6 heteroatoms. The summed E-state index contributed by atoms with van der Waals surface area (Å²) in [6.45, 7) is 0.506. The van der Waals surface area contributed by atoms with E-state index in [1.165, 1.54) is 6.07 Å². The van der Waals surface area contributed by atoms with E-state index in [2.05, 4.69) is 10.4 Å². The highest BCUT2D eigenvalue weighted by molar-refractivity contribution is 5.94. The first-order valence-corrected chi connectivity index (χ1v) is 9.44. The summed E-state index contributed by atoms with van der Waals surface area (Å²) in [6, 6.07) is 14.3. The van der Waals surface area contributed by atoms with Crippen LogP contribution >= 0.6 is 0 Å². The molecule has 144 valence electrons. The number of hydrogen-bond donors (Lipinski definition) is 1. The summed E-state index contributed by atoms with van der Waals surface area (Å²) in [4.78, 5) is 12.7. The number of fused-ring (bicyclic) bond motifs is 1. The molecule has 0 unspecified atom stereocenters. The van der Waals surface area contributed by atoms with Crippen molar-refractivity contribution in [1.29, 1.82) is 0 Å². The monoisotopic (exact) mass is 379 g/mol. The topological polar surface area (TPSA) is 56.1 Å². The fourth-order valence-corrected chi connectivity index (χ4v) is 3.64. The summed E-state index contributed by atoms with van der Waals surface area (Å²) in [5, 5.41) is 7.40. The fraction of sp³-hybridized carbons (Fsp3) is 0.273. The Morgan fingerprint density at radius 2 is 1.96 bits per heavy atom. The van der Waals surface area contributed by atoms with Gasteiger partial charge in [-0.05, 0) is 55.5 Å². The Morgan fingerprint density at radius 1 is 1.18 bits per heavy atom. The van der Waals surface area contributed by atoms with Gasteiger partial charge < -0.3 is 10.1 Å². The second kappa shape index (κ2) is 7.84. The van der Waals surface area contributed by atoms with Crippen LogP contribution in [0.5, 0.6) is 5.75 Å². The van der Waals surface area contributed by atoms with Gasteiger partial charge in [0.1, 0.15) is 17.3 Å². The largest absolute Gasteiger partial charge is 0.497 e. The van der Waals surface area contributed by atoms with Crippen molar-refractivity contribution in [3.05, 3.63) is 76.9 Å². The molecule has 5 nitrogen and oxygen atoms in total. The van der Waals surface area contributed by atoms with Crippen molar-refractivity contribution >= 4 is 5.91 Å². The van der Waals surface area contributed by atoms with Gasteiger partial charge in [-0.1, -0.05) is 24.3 Å². The Labute approximate surface area is 163 Å². The second-order valence-electron chi connectivity index (χ2n) is 6.84. The maximum absolute atomic E-state index is 14.2. The van der Waals surface area contributed by atoms with Crippen molar-refractivity contribution in [3.63, 3.8) is 0 Å². The molecule has 0 saturated heterocycles. The lowest BCUT2D eigenvalue weighted by Gasteiger charge is -2.07. The molecule has 4 rings (SSSR count). The summed E-state index contributed by atoms with van der Waals surface area (Å²) >= 11 is 0. The van der Waals surface area contributed by atoms with Gasteiger partial charge in [-0.25, -0.2) is 9.07 Å². The van der Waals surface area contributed by atoms with Gasteiger partial charge in [-0.15, -0.1) is 0 Å². The van der Waals surface area contributed by atoms with E-state index in [1.54, 1.807) is 30.0 Å². The summed E-state index contributed by atoms with van der Waals surface area (Å²) in [6.07, 6.45) is 3.26. The number of halogens is 1. The first kappa shape index (κ1) is 18.2. The summed E-state index contributed by atoms with van der Waals surface area (Å²) in [5.41, 5.74) is 3.78. The van der Waals surface area contributed by atoms with Crippen LogP contribution in [0.25, 0.3) is 5.69 Å². The van der Waals surface area contributed by atoms with Crippen LogP contribution in [0, 0.1) is 5.82 Å². The van der Waals surface area contributed by atoms with Gasteiger partial charge in [0, 0.05) is 17.8 Å². The zero-order chi connectivity index (χ0) is 19.5. The lowest BCUT2D eigenvalue weighted by atomic mass is 10.1. The number of benzene rings is 2. The normalized spacial score (nSPS) is 12.6. The minimum absolute atomic E-state index is 0.207. The van der Waals surface area contributed by atoms with Crippen molar-refractivity contribution < 1.29 is 13.9 Å². The predicted molar refractivity (Wildman–Crippen MR) is 105 cm³/mol. The molecule has 0 atom stereocenters. The molecule has 1 heterocycles. The van der Waals surface area contributed by atoms with Gasteiger partial charge >= 0.3 is 0 Å². The van der Waals surface area contributed by atoms with E-state index in [9.17, 15) is 9.18 Å². The average molecular weight is 379 g/mol. The minimum Gasteiger partial charge on any atom is -0.497 e. The molecular weight excluding hydrogens is 357 g/mol. The van der Waals surface area contributed by atoms with Gasteiger partial charge in [0.05, 0.1) is 7.11 Å². The molecule has 28 heavy (non-hydrogen) atoms. The number of para-hydroxylation sites is 1. The lowest BCUT2D eigenvalue weighted by Crippen LogP contribution is -2.27. The Morgan fingerprint density at radius 3 is 2.71 bits per heavy atom. The van der Waals surface area contributed by atoms with Crippen molar-refractivity contribution in [2.75, 3.05) is 13.7 Å². The molecule has 1 amide bonds. The van der Waals surface area contributed by atoms with Crippen molar-refractivity contribution in [2.45, 2.75) is 25.7 Å². The SMILES string of the molecule is COc1ccc(CCNC(=O)c2nn(-c3ccccc3F)c3c2CCC3)cc1. The van der Waals surface area contributed by atoms with E-state index in [4.69, 9.17) is 4.74 Å². The third kappa shape index (κ3) is 3.50. The fourth-order valence-electron chi connectivity index (χ4n) is 3.64. The Kier molecular flexibility index (Phi) is 5.10. The first-order valence-electron chi connectivity index (χ1n) is 9.44. The number of methoxy groups -OCH3 is 1. The minimum atomic E-state index is -0.342. The van der Waals surface area contributed by atoms with Crippen LogP contribution in [0.15, 0.2) is 48.5 Å². The van der Waals surface area contributed by atoms with E-state index < -0.39 is 0 Å². The number of nitrogens with zero attached hydrogens (tertiary/aromatic N) is 2. The number of amides is 1. The van der Waals surface area contributed by atoms with Gasteiger partial charge in [-0.2, -0.15) is 5.10 Å². The maximum Gasteiger partial charge on any atom is 0.272 e. The number of rotatable bonds is 6. The highest BCUT2D eigenvalue weighted by atomic mass is 19.1. The van der Waals surface area contributed by atoms with E-state index >= 15 is 0 Å². The van der Waals surface area contributed by atoms with Crippen LogP contribution in [-0.4, -0.2) is 29.3 Å². The third-order valence-corrected chi connectivity index (χ3v) is 5.08. The Bertz CT molecular complexity index is 996. The molecule has 1 N–H and O–H groups in total. The average Bonchev–Trinajstić information content (AvgIpc) is 3.32. The van der Waals surface area contributed by atoms with Crippen LogP contribution < -0.4 is 10.1 Å². The third-order valence-electron chi connectivity index (χ3n) is 5.08. The molecule has 0 spiro atoms. The van der Waals surface area contributed by atoms with Gasteiger partial charge in [0.15, 0.2) is 5.69 Å². The number of aromatic nitrogens is 2. The Hall–Kier alpha value is -3.15. The predicted octanol–water partition coefficient (Wildman–Crippen LogP) is 3.48. The summed E-state index contributed by atoms with van der Waals surface area (Å²) in [5.74, 6) is 0.259. The zero-order valence-electron chi connectivity index (χ0n) is 15.7. The van der Waals surface area contributed by atoms with Gasteiger partial charge in [0.25, 0.3) is 5.91 Å². The van der Waals surface area contributed by atoms with Crippen LogP contribution in [0.4, 0.5) is 4.39 Å². The molecule has 0 fully saturated rings. The standard InChI is InChI=1S/C22H22FN3O2/c1-28-16-11-9-15(10-12-16)13-14-24-22(27)21-17-5-4-8-19(17)26(25-21)20-7-3-2-6-18(20)23/h2-3,6-7,9-12H,4-5,8,13-14H2,1H3,(H,24,27). The number of ether oxygens (including phenoxy) is 1. The van der Waals surface area contributed by atoms with Crippen LogP contribution in [0.3, 0.4) is 0 Å². The van der Waals surface area contributed by atoms with E-state index in [1.807, 2.05) is 24.3 Å². The van der Waals surface area contributed by atoms with E-state index in [-0.39, 0.29) is 11.7 Å². The van der Waals surface area contributed by atoms with Crippen LogP contribution in [-0.2, 0) is 19.3 Å². The van der Waals surface area contributed by atoms with Crippen molar-refractivity contribution in [2.24, 2.45) is 0 Å². The maximum atomic E-state index is 14.2. The molecule has 2 aromatic carbocycles. The number of carbonyl (C=O) groups excluding carboxylic acids is 1. The summed E-state index contributed by atoms with van der Waals surface area (Å²) in [7, 11) is 1.63. The second-order valence-corrected chi connectivity index (χ2v) is 6.84. The zero-order valence-corrected chi connectivity index (χ0v) is 15.7. The highest BCUT2D eigenvalue weighted by Crippen LogP contribution is 2.28. The molecule has 1 aromatic heterocycles. The lowest BCUT2D eigenvalue weighted by molar-refractivity contribution is 0.0948. The van der Waals surface area contributed by atoms with Crippen LogP contribution in [0.1, 0.15) is 33.7 Å². The quantitative estimate of drug-likeness (QED) is 0.713. The highest BCUT2D eigenvalue weighted by Gasteiger charge is 2.27. The van der Waals surface area contributed by atoms with Gasteiger partial charge in [0.2, 0.25) is 0 Å². The van der Waals surface area contributed by atoms with Crippen molar-refractivity contribution in [3.8, 4) is 11.4 Å². The van der Waals surface area contributed by atoms with Crippen molar-refractivity contribution in [1.82, 2.24) is 15.1 Å². The number of hydrogen-bond acceptors (Lipinski definition) is 3. The summed E-state index contributed by atoms with van der Waals surface area (Å²) < 4.78 is 21.0. The van der Waals surface area contributed by atoms with Gasteiger partial charge in [-0.3, -0.25) is 4.79 Å². The molecule has 0 saturated carbocycles. The molecule has 0 aliphatic heterocycles. The number of carbonyl (C=O) groups is 1. The molecule has 1 aliphatic rings. The van der Waals surface area contributed by atoms with E-state index in [0.29, 0.717) is 24.3 Å². The molecular formula is C22H22FN3O2. The molecule has 0 bridgehead atoms. The molecule has 1 aliphatic carbocycles.